The average Bonchev–Trinajstić information content (AvgIpc) is 3.19. The molecule has 0 saturated carbocycles. The zero-order chi connectivity index (χ0) is 20.9. The Hall–Kier alpha value is -3.74. The van der Waals surface area contributed by atoms with Crippen LogP contribution in [0, 0.1) is 0 Å². The minimum Gasteiger partial charge on any atom is -0.351 e. The van der Waals surface area contributed by atoms with Crippen molar-refractivity contribution in [2.75, 3.05) is 6.54 Å². The Morgan fingerprint density at radius 1 is 1.00 bits per heavy atom. The van der Waals surface area contributed by atoms with Crippen molar-refractivity contribution in [1.82, 2.24) is 24.9 Å². The molecule has 4 aromatic rings. The molecule has 7 heteroatoms. The first-order chi connectivity index (χ1) is 14.6. The van der Waals surface area contributed by atoms with Crippen LogP contribution in [0.5, 0.6) is 0 Å². The number of rotatable bonds is 7. The minimum absolute atomic E-state index is 0.206. The molecule has 0 radical (unpaired) electrons. The lowest BCUT2D eigenvalue weighted by Crippen LogP contribution is -2.31. The lowest BCUT2D eigenvalue weighted by molar-refractivity contribution is 0.0948. The van der Waals surface area contributed by atoms with E-state index in [-0.39, 0.29) is 17.2 Å². The lowest BCUT2D eigenvalue weighted by Gasteiger charge is -2.11. The highest BCUT2D eigenvalue weighted by molar-refractivity contribution is 6.04. The summed E-state index contributed by atoms with van der Waals surface area (Å²) in [7, 11) is 1.88. The molecule has 0 unspecified atom stereocenters. The van der Waals surface area contributed by atoms with E-state index in [9.17, 15) is 9.59 Å². The number of fused-ring (bicyclic) bond motifs is 1. The van der Waals surface area contributed by atoms with Crippen molar-refractivity contribution >= 4 is 16.7 Å². The first kappa shape index (κ1) is 19.6. The highest BCUT2D eigenvalue weighted by Gasteiger charge is 2.16. The number of carbonyl (C=O) groups excluding carboxylic acids is 1. The first-order valence-electron chi connectivity index (χ1n) is 9.91. The number of amides is 1. The van der Waals surface area contributed by atoms with Crippen LogP contribution in [0.15, 0.2) is 71.8 Å². The normalized spacial score (nSPS) is 11.0. The highest BCUT2D eigenvalue weighted by atomic mass is 16.2. The summed E-state index contributed by atoms with van der Waals surface area (Å²) in [4.78, 5) is 25.8. The van der Waals surface area contributed by atoms with Crippen molar-refractivity contribution in [1.29, 1.82) is 0 Å². The van der Waals surface area contributed by atoms with Crippen LogP contribution in [-0.4, -0.2) is 32.0 Å². The molecule has 1 N–H and O–H groups in total. The molecule has 0 spiro atoms. The Kier molecular flexibility index (Phi) is 5.70. The third-order valence-electron chi connectivity index (χ3n) is 4.94. The van der Waals surface area contributed by atoms with E-state index in [1.165, 1.54) is 4.68 Å². The third-order valence-corrected chi connectivity index (χ3v) is 4.94. The van der Waals surface area contributed by atoms with Crippen LogP contribution in [0.3, 0.4) is 0 Å². The summed E-state index contributed by atoms with van der Waals surface area (Å²) < 4.78 is 3.13. The van der Waals surface area contributed by atoms with Gasteiger partial charge in [-0.25, -0.2) is 4.68 Å². The average molecular weight is 401 g/mol. The summed E-state index contributed by atoms with van der Waals surface area (Å²) in [6.07, 6.45) is 5.42. The van der Waals surface area contributed by atoms with E-state index in [0.717, 1.165) is 24.0 Å². The number of hydrogen-bond acceptors (Lipinski definition) is 4. The van der Waals surface area contributed by atoms with Gasteiger partial charge in [0.05, 0.1) is 18.1 Å². The number of benzene rings is 2. The smallest absolute Gasteiger partial charge is 0.274 e. The fourth-order valence-corrected chi connectivity index (χ4v) is 3.45. The maximum absolute atomic E-state index is 12.9. The molecule has 2 heterocycles. The Balaban J connectivity index is 1.55. The predicted molar refractivity (Wildman–Crippen MR) is 115 cm³/mol. The van der Waals surface area contributed by atoms with Gasteiger partial charge in [-0.05, 0) is 30.0 Å². The summed E-state index contributed by atoms with van der Waals surface area (Å²) in [6, 6.07) is 16.7. The zero-order valence-electron chi connectivity index (χ0n) is 16.8. The molecular formula is C23H23N5O2. The van der Waals surface area contributed by atoms with Crippen LogP contribution < -0.4 is 10.9 Å². The second kappa shape index (κ2) is 8.73. The zero-order valence-corrected chi connectivity index (χ0v) is 16.8. The molecule has 1 amide bonds. The van der Waals surface area contributed by atoms with Crippen LogP contribution in [0.4, 0.5) is 0 Å². The van der Waals surface area contributed by atoms with Gasteiger partial charge in [0.25, 0.3) is 11.5 Å². The van der Waals surface area contributed by atoms with E-state index in [4.69, 9.17) is 0 Å². The Morgan fingerprint density at radius 3 is 2.47 bits per heavy atom. The Labute approximate surface area is 174 Å². The fraction of sp³-hybridized carbons (Fsp3) is 0.217. The first-order valence-corrected chi connectivity index (χ1v) is 9.91. The van der Waals surface area contributed by atoms with E-state index < -0.39 is 0 Å². The molecular weight excluding hydrogens is 378 g/mol. The van der Waals surface area contributed by atoms with Crippen molar-refractivity contribution in [2.45, 2.75) is 19.4 Å². The summed E-state index contributed by atoms with van der Waals surface area (Å²) in [5, 5.41) is 12.6. The van der Waals surface area contributed by atoms with E-state index in [0.29, 0.717) is 23.9 Å². The topological polar surface area (TPSA) is 81.8 Å². The molecule has 0 bridgehead atoms. The molecule has 0 aliphatic heterocycles. The summed E-state index contributed by atoms with van der Waals surface area (Å²) in [5.41, 5.74) is 2.14. The molecule has 30 heavy (non-hydrogen) atoms. The van der Waals surface area contributed by atoms with E-state index in [1.54, 1.807) is 22.9 Å². The molecule has 152 valence electrons. The van der Waals surface area contributed by atoms with Gasteiger partial charge in [0.15, 0.2) is 5.69 Å². The van der Waals surface area contributed by atoms with Gasteiger partial charge in [-0.2, -0.15) is 10.2 Å². The highest BCUT2D eigenvalue weighted by Crippen LogP contribution is 2.14. The maximum Gasteiger partial charge on any atom is 0.274 e. The van der Waals surface area contributed by atoms with Gasteiger partial charge in [-0.3, -0.25) is 14.3 Å². The molecule has 0 fully saturated rings. The Morgan fingerprint density at radius 2 is 1.73 bits per heavy atom. The van der Waals surface area contributed by atoms with E-state index in [2.05, 4.69) is 15.5 Å². The van der Waals surface area contributed by atoms with Crippen LogP contribution in [0.1, 0.15) is 28.0 Å². The molecule has 2 aromatic carbocycles. The van der Waals surface area contributed by atoms with Gasteiger partial charge in [-0.15, -0.1) is 0 Å². The number of nitrogens with zero attached hydrogens (tertiary/aromatic N) is 4. The van der Waals surface area contributed by atoms with Crippen molar-refractivity contribution in [3.63, 3.8) is 0 Å². The van der Waals surface area contributed by atoms with Gasteiger partial charge in [-0.1, -0.05) is 48.5 Å². The molecule has 2 aromatic heterocycles. The van der Waals surface area contributed by atoms with Crippen LogP contribution in [0.2, 0.25) is 0 Å². The maximum atomic E-state index is 12.9. The van der Waals surface area contributed by atoms with E-state index >= 15 is 0 Å². The standard InChI is InChI=1S/C23H23N5O2/c1-27-15-18(14-25-27)10-7-13-24-22(29)21-19-11-5-6-12-20(19)23(30)28(26-21)16-17-8-3-2-4-9-17/h2-6,8-9,11-12,14-15H,7,10,13,16H2,1H3,(H,24,29). The van der Waals surface area contributed by atoms with E-state index in [1.807, 2.05) is 55.8 Å². The van der Waals surface area contributed by atoms with Gasteiger partial charge in [0.1, 0.15) is 0 Å². The van der Waals surface area contributed by atoms with Gasteiger partial charge < -0.3 is 5.32 Å². The number of aryl methyl sites for hydroxylation is 2. The number of hydrogen-bond donors (Lipinski definition) is 1. The van der Waals surface area contributed by atoms with Gasteiger partial charge in [0.2, 0.25) is 0 Å². The monoisotopic (exact) mass is 401 g/mol. The van der Waals surface area contributed by atoms with Gasteiger partial charge >= 0.3 is 0 Å². The third kappa shape index (κ3) is 4.30. The number of carbonyl (C=O) groups is 1. The van der Waals surface area contributed by atoms with Crippen molar-refractivity contribution in [3.8, 4) is 0 Å². The quantitative estimate of drug-likeness (QED) is 0.483. The lowest BCUT2D eigenvalue weighted by atomic mass is 10.1. The van der Waals surface area contributed by atoms with Crippen LogP contribution in [-0.2, 0) is 20.0 Å². The SMILES string of the molecule is Cn1cc(CCCNC(=O)c2nn(Cc3ccccc3)c(=O)c3ccccc23)cn1. The molecule has 7 nitrogen and oxygen atoms in total. The van der Waals surface area contributed by atoms with Gasteiger partial charge in [0, 0.05) is 25.2 Å². The predicted octanol–water partition coefficient (Wildman–Crippen LogP) is 2.54. The molecule has 0 aliphatic carbocycles. The molecule has 4 rings (SSSR count). The summed E-state index contributed by atoms with van der Waals surface area (Å²) in [6.45, 7) is 0.827. The second-order valence-corrected chi connectivity index (χ2v) is 7.22. The van der Waals surface area contributed by atoms with Crippen LogP contribution in [0.25, 0.3) is 10.8 Å². The largest absolute Gasteiger partial charge is 0.351 e. The number of aromatic nitrogens is 4. The Bertz CT molecular complexity index is 1230. The van der Waals surface area contributed by atoms with Crippen molar-refractivity contribution in [2.24, 2.45) is 7.05 Å². The van der Waals surface area contributed by atoms with Crippen LogP contribution >= 0.6 is 0 Å². The second-order valence-electron chi connectivity index (χ2n) is 7.22. The van der Waals surface area contributed by atoms with Crippen molar-refractivity contribution < 1.29 is 4.79 Å². The minimum atomic E-state index is -0.279. The number of nitrogens with one attached hydrogen (secondary N) is 1. The molecule has 0 atom stereocenters. The summed E-state index contributed by atoms with van der Waals surface area (Å²) in [5.74, 6) is -0.279. The van der Waals surface area contributed by atoms with Crippen molar-refractivity contribution in [3.05, 3.63) is 94.2 Å². The fourth-order valence-electron chi connectivity index (χ4n) is 3.45. The molecule has 0 saturated heterocycles. The summed E-state index contributed by atoms with van der Waals surface area (Å²) >= 11 is 0. The molecule has 0 aliphatic rings.